The molecule has 0 saturated carbocycles. The fourth-order valence-electron chi connectivity index (χ4n) is 3.46. The van der Waals surface area contributed by atoms with E-state index in [1.807, 2.05) is 6.07 Å². The number of nitrogens with two attached hydrogens (primary N) is 1. The topological polar surface area (TPSA) is 120 Å². The monoisotopic (exact) mass is 431 g/mol. The lowest BCUT2D eigenvalue weighted by molar-refractivity contribution is -0.125. The van der Waals surface area contributed by atoms with Crippen LogP contribution in [0.3, 0.4) is 0 Å². The average Bonchev–Trinajstić information content (AvgIpc) is 3.10. The molecule has 3 amide bonds. The van der Waals surface area contributed by atoms with Gasteiger partial charge in [0, 0.05) is 11.4 Å². The van der Waals surface area contributed by atoms with Gasteiger partial charge in [-0.25, -0.2) is 4.79 Å². The number of hydrogen-bond donors (Lipinski definition) is 2. The molecule has 4 rings (SSSR count). The van der Waals surface area contributed by atoms with Gasteiger partial charge in [0.05, 0.1) is 18.7 Å². The quantitative estimate of drug-likeness (QED) is 0.765. The van der Waals surface area contributed by atoms with Crippen LogP contribution >= 0.6 is 11.3 Å². The highest BCUT2D eigenvalue weighted by Crippen LogP contribution is 2.38. The van der Waals surface area contributed by atoms with Crippen LogP contribution in [0.1, 0.15) is 27.7 Å². The number of anilines is 1. The Balaban J connectivity index is 1.53. The van der Waals surface area contributed by atoms with Crippen LogP contribution in [0.15, 0.2) is 24.3 Å². The number of primary amides is 1. The molecule has 0 spiro atoms. The van der Waals surface area contributed by atoms with E-state index in [2.05, 4.69) is 5.32 Å². The third-order valence-electron chi connectivity index (χ3n) is 4.87. The third kappa shape index (κ3) is 3.78. The van der Waals surface area contributed by atoms with Crippen LogP contribution in [-0.2, 0) is 22.5 Å². The lowest BCUT2D eigenvalue weighted by Gasteiger charge is -2.26. The first kappa shape index (κ1) is 20.0. The highest BCUT2D eigenvalue weighted by Gasteiger charge is 2.32. The molecule has 158 valence electrons. The van der Waals surface area contributed by atoms with Crippen molar-refractivity contribution in [3.05, 3.63) is 40.3 Å². The Morgan fingerprint density at radius 3 is 2.80 bits per heavy atom. The first-order valence-electron chi connectivity index (χ1n) is 9.53. The van der Waals surface area contributed by atoms with Crippen molar-refractivity contribution in [3.8, 4) is 11.5 Å². The summed E-state index contributed by atoms with van der Waals surface area (Å²) < 4.78 is 16.4. The first-order valence-corrected chi connectivity index (χ1v) is 10.3. The molecule has 30 heavy (non-hydrogen) atoms. The molecule has 2 aromatic rings. The van der Waals surface area contributed by atoms with E-state index in [1.54, 1.807) is 30.0 Å². The van der Waals surface area contributed by atoms with Gasteiger partial charge in [-0.2, -0.15) is 0 Å². The smallest absolute Gasteiger partial charge is 0.410 e. The largest absolute Gasteiger partial charge is 0.485 e. The molecule has 0 unspecified atom stereocenters. The SMILES string of the molecule is CCOC(=O)N1CCc2c(sc(NC(=O)[C@H]3COc4ccccc4O3)c2C(N)=O)C1. The zero-order valence-corrected chi connectivity index (χ0v) is 17.1. The minimum atomic E-state index is -0.865. The van der Waals surface area contributed by atoms with Crippen molar-refractivity contribution >= 4 is 34.2 Å². The summed E-state index contributed by atoms with van der Waals surface area (Å²) in [5.74, 6) is -0.00834. The molecule has 0 saturated heterocycles. The fraction of sp³-hybridized carbons (Fsp3) is 0.350. The molecule has 1 aromatic carbocycles. The molecule has 10 heteroatoms. The summed E-state index contributed by atoms with van der Waals surface area (Å²) in [6, 6.07) is 7.09. The lowest BCUT2D eigenvalue weighted by Crippen LogP contribution is -2.40. The molecule has 2 aliphatic rings. The van der Waals surface area contributed by atoms with Gasteiger partial charge in [-0.15, -0.1) is 11.3 Å². The van der Waals surface area contributed by atoms with Crippen LogP contribution in [0.25, 0.3) is 0 Å². The normalized spacial score (nSPS) is 17.1. The number of carbonyl (C=O) groups is 3. The Bertz CT molecular complexity index is 1000. The molecule has 1 atom stereocenters. The molecule has 0 radical (unpaired) electrons. The van der Waals surface area contributed by atoms with E-state index < -0.39 is 24.0 Å². The van der Waals surface area contributed by atoms with E-state index in [0.717, 1.165) is 10.4 Å². The maximum atomic E-state index is 12.8. The fourth-order valence-corrected chi connectivity index (χ4v) is 4.74. The van der Waals surface area contributed by atoms with Gasteiger partial charge in [0.25, 0.3) is 11.8 Å². The maximum absolute atomic E-state index is 12.8. The molecular formula is C20H21N3O6S. The number of amides is 3. The summed E-state index contributed by atoms with van der Waals surface area (Å²) in [5, 5.41) is 3.11. The van der Waals surface area contributed by atoms with Crippen LogP contribution in [0.4, 0.5) is 9.80 Å². The summed E-state index contributed by atoms with van der Waals surface area (Å²) in [7, 11) is 0. The third-order valence-corrected chi connectivity index (χ3v) is 6.00. The average molecular weight is 431 g/mol. The molecule has 3 N–H and O–H groups in total. The first-order chi connectivity index (χ1) is 14.5. The number of nitrogens with one attached hydrogen (secondary N) is 1. The van der Waals surface area contributed by atoms with Gasteiger partial charge in [-0.1, -0.05) is 12.1 Å². The van der Waals surface area contributed by atoms with Crippen molar-refractivity contribution in [2.45, 2.75) is 26.0 Å². The zero-order valence-electron chi connectivity index (χ0n) is 16.3. The van der Waals surface area contributed by atoms with Gasteiger partial charge >= 0.3 is 6.09 Å². The second-order valence-electron chi connectivity index (χ2n) is 6.80. The minimum Gasteiger partial charge on any atom is -0.485 e. The number of fused-ring (bicyclic) bond motifs is 2. The Morgan fingerprint density at radius 1 is 1.30 bits per heavy atom. The molecule has 0 bridgehead atoms. The summed E-state index contributed by atoms with van der Waals surface area (Å²) in [6.45, 7) is 2.79. The van der Waals surface area contributed by atoms with Crippen LogP contribution in [0.5, 0.6) is 11.5 Å². The summed E-state index contributed by atoms with van der Waals surface area (Å²) >= 11 is 1.23. The second-order valence-corrected chi connectivity index (χ2v) is 7.90. The van der Waals surface area contributed by atoms with Gasteiger partial charge in [0.15, 0.2) is 11.5 Å². The highest BCUT2D eigenvalue weighted by molar-refractivity contribution is 7.17. The maximum Gasteiger partial charge on any atom is 0.410 e. The Hall–Kier alpha value is -3.27. The van der Waals surface area contributed by atoms with Gasteiger partial charge in [-0.05, 0) is 31.0 Å². The van der Waals surface area contributed by atoms with Gasteiger partial charge in [0.2, 0.25) is 6.10 Å². The van der Waals surface area contributed by atoms with Crippen molar-refractivity contribution in [1.29, 1.82) is 0 Å². The molecule has 2 aliphatic heterocycles. The number of benzene rings is 1. The van der Waals surface area contributed by atoms with Crippen molar-refractivity contribution < 1.29 is 28.6 Å². The number of hydrogen-bond acceptors (Lipinski definition) is 7. The Kier molecular flexibility index (Phi) is 5.49. The second kappa shape index (κ2) is 8.23. The van der Waals surface area contributed by atoms with Crippen molar-refractivity contribution in [1.82, 2.24) is 4.90 Å². The molecule has 9 nitrogen and oxygen atoms in total. The molecule has 3 heterocycles. The number of carbonyl (C=O) groups excluding carboxylic acids is 3. The van der Waals surface area contributed by atoms with Crippen LogP contribution in [-0.4, -0.2) is 48.7 Å². The van der Waals surface area contributed by atoms with Gasteiger partial charge in [0.1, 0.15) is 11.6 Å². The number of rotatable bonds is 4. The standard InChI is InChI=1S/C20H21N3O6S/c1-2-27-20(26)23-8-7-11-15(9-23)30-19(16(11)17(21)24)22-18(25)14-10-28-12-5-3-4-6-13(12)29-14/h3-6,14H,2,7-10H2,1H3,(H2,21,24)(H,22,25)/t14-/m1/s1. The lowest BCUT2D eigenvalue weighted by atomic mass is 10.0. The summed E-state index contributed by atoms with van der Waals surface area (Å²) in [5.41, 5.74) is 6.64. The van der Waals surface area contributed by atoms with Crippen LogP contribution < -0.4 is 20.5 Å². The highest BCUT2D eigenvalue weighted by atomic mass is 32.1. The predicted octanol–water partition coefficient (Wildman–Crippen LogP) is 2.14. The minimum absolute atomic E-state index is 0.0521. The summed E-state index contributed by atoms with van der Waals surface area (Å²) in [4.78, 5) is 39.3. The van der Waals surface area contributed by atoms with E-state index in [4.69, 9.17) is 19.9 Å². The Morgan fingerprint density at radius 2 is 2.07 bits per heavy atom. The van der Waals surface area contributed by atoms with E-state index >= 15 is 0 Å². The number of thiophene rings is 1. The van der Waals surface area contributed by atoms with E-state index in [0.29, 0.717) is 36.0 Å². The van der Waals surface area contributed by atoms with Crippen molar-refractivity contribution in [3.63, 3.8) is 0 Å². The zero-order chi connectivity index (χ0) is 21.3. The molecular weight excluding hydrogens is 410 g/mol. The van der Waals surface area contributed by atoms with E-state index in [1.165, 1.54) is 11.3 Å². The molecule has 0 fully saturated rings. The van der Waals surface area contributed by atoms with Crippen molar-refractivity contribution in [2.24, 2.45) is 5.73 Å². The molecule has 0 aliphatic carbocycles. The van der Waals surface area contributed by atoms with E-state index in [-0.39, 0.29) is 18.8 Å². The van der Waals surface area contributed by atoms with Crippen LogP contribution in [0.2, 0.25) is 0 Å². The Labute approximate surface area is 176 Å². The number of ether oxygens (including phenoxy) is 3. The predicted molar refractivity (Wildman–Crippen MR) is 109 cm³/mol. The number of nitrogens with zero attached hydrogens (tertiary/aromatic N) is 1. The van der Waals surface area contributed by atoms with Crippen LogP contribution in [0, 0.1) is 0 Å². The summed E-state index contributed by atoms with van der Waals surface area (Å²) in [6.07, 6.45) is -0.820. The van der Waals surface area contributed by atoms with E-state index in [9.17, 15) is 14.4 Å². The number of para-hydroxylation sites is 2. The van der Waals surface area contributed by atoms with Gasteiger partial charge < -0.3 is 30.2 Å². The van der Waals surface area contributed by atoms with Gasteiger partial charge in [-0.3, -0.25) is 9.59 Å². The molecule has 1 aromatic heterocycles. The van der Waals surface area contributed by atoms with Crippen molar-refractivity contribution in [2.75, 3.05) is 25.1 Å².